The highest BCUT2D eigenvalue weighted by molar-refractivity contribution is 6.08. The van der Waals surface area contributed by atoms with Crippen molar-refractivity contribution in [3.8, 4) is 23.0 Å². The molecule has 1 aliphatic carbocycles. The number of fused-ring (bicyclic) bond motifs is 1. The molecule has 7 heteroatoms. The average molecular weight is 465 g/mol. The summed E-state index contributed by atoms with van der Waals surface area (Å²) < 4.78 is 16.1. The summed E-state index contributed by atoms with van der Waals surface area (Å²) in [7, 11) is 6.73. The van der Waals surface area contributed by atoms with Gasteiger partial charge in [0.15, 0.2) is 11.5 Å². The number of nitrogens with one attached hydrogen (secondary N) is 1. The SMILES string of the molecule is COc1ccc2c(c1)C(CC(=O)NC1CCN(C)C1)=C(C)/C2=C/c1cc(OC)c(O)c(OC)c1. The Morgan fingerprint density at radius 3 is 2.41 bits per heavy atom. The highest BCUT2D eigenvalue weighted by Gasteiger charge is 2.28. The monoisotopic (exact) mass is 464 g/mol. The van der Waals surface area contributed by atoms with Gasteiger partial charge in [0.05, 0.1) is 27.8 Å². The molecule has 1 heterocycles. The Morgan fingerprint density at radius 2 is 1.82 bits per heavy atom. The number of rotatable bonds is 7. The Hall–Kier alpha value is -3.45. The number of likely N-dealkylation sites (N-methyl/N-ethyl adjacent to an activating group) is 1. The zero-order chi connectivity index (χ0) is 24.4. The Bertz CT molecular complexity index is 1140. The summed E-state index contributed by atoms with van der Waals surface area (Å²) in [5.41, 5.74) is 5.89. The summed E-state index contributed by atoms with van der Waals surface area (Å²) in [5.74, 6) is 1.41. The number of methoxy groups -OCH3 is 3. The van der Waals surface area contributed by atoms with E-state index in [1.54, 1.807) is 19.2 Å². The normalized spacial score (nSPS) is 18.9. The first-order valence-electron chi connectivity index (χ1n) is 11.4. The third-order valence-electron chi connectivity index (χ3n) is 6.61. The number of phenols is 1. The lowest BCUT2D eigenvalue weighted by molar-refractivity contribution is -0.120. The fourth-order valence-corrected chi connectivity index (χ4v) is 4.77. The van der Waals surface area contributed by atoms with Crippen LogP contribution in [0.4, 0.5) is 0 Å². The Kier molecular flexibility index (Phi) is 6.84. The molecule has 2 aromatic carbocycles. The van der Waals surface area contributed by atoms with Crippen molar-refractivity contribution in [1.29, 1.82) is 0 Å². The zero-order valence-corrected chi connectivity index (χ0v) is 20.4. The molecular formula is C27H32N2O5. The van der Waals surface area contributed by atoms with E-state index in [0.29, 0.717) is 17.9 Å². The number of allylic oxidation sites excluding steroid dienone is 2. The third-order valence-corrected chi connectivity index (χ3v) is 6.61. The fraction of sp³-hybridized carbons (Fsp3) is 0.370. The number of carbonyl (C=O) groups is 1. The average Bonchev–Trinajstić information content (AvgIpc) is 3.35. The number of hydrogen-bond acceptors (Lipinski definition) is 6. The molecule has 7 nitrogen and oxygen atoms in total. The van der Waals surface area contributed by atoms with Crippen LogP contribution in [-0.2, 0) is 4.79 Å². The molecule has 0 spiro atoms. The summed E-state index contributed by atoms with van der Waals surface area (Å²) >= 11 is 0. The molecule has 0 saturated carbocycles. The second-order valence-electron chi connectivity index (χ2n) is 8.84. The van der Waals surface area contributed by atoms with Crippen LogP contribution in [0.15, 0.2) is 35.9 Å². The number of likely N-dealkylation sites (tertiary alicyclic amines) is 1. The first kappa shape index (κ1) is 23.7. The van der Waals surface area contributed by atoms with Crippen LogP contribution < -0.4 is 19.5 Å². The number of aromatic hydroxyl groups is 1. The molecule has 1 aliphatic heterocycles. The van der Waals surface area contributed by atoms with Gasteiger partial charge in [0.2, 0.25) is 11.7 Å². The highest BCUT2D eigenvalue weighted by atomic mass is 16.5. The second-order valence-corrected chi connectivity index (χ2v) is 8.84. The Balaban J connectivity index is 1.72. The molecule has 1 atom stereocenters. The number of carbonyl (C=O) groups excluding carboxylic acids is 1. The molecule has 1 unspecified atom stereocenters. The predicted molar refractivity (Wildman–Crippen MR) is 133 cm³/mol. The summed E-state index contributed by atoms with van der Waals surface area (Å²) in [4.78, 5) is 15.2. The molecule has 1 fully saturated rings. The van der Waals surface area contributed by atoms with E-state index in [-0.39, 0.29) is 17.7 Å². The van der Waals surface area contributed by atoms with E-state index in [1.165, 1.54) is 14.2 Å². The fourth-order valence-electron chi connectivity index (χ4n) is 4.77. The van der Waals surface area contributed by atoms with E-state index >= 15 is 0 Å². The van der Waals surface area contributed by atoms with Gasteiger partial charge in [-0.25, -0.2) is 0 Å². The van der Waals surface area contributed by atoms with E-state index in [0.717, 1.165) is 58.7 Å². The summed E-state index contributed by atoms with van der Waals surface area (Å²) in [6.07, 6.45) is 3.30. The molecular weight excluding hydrogens is 432 g/mol. The van der Waals surface area contributed by atoms with Crippen LogP contribution in [0, 0.1) is 0 Å². The van der Waals surface area contributed by atoms with Crippen molar-refractivity contribution in [3.05, 3.63) is 52.6 Å². The lowest BCUT2D eigenvalue weighted by Crippen LogP contribution is -2.36. The second kappa shape index (κ2) is 9.81. The molecule has 0 radical (unpaired) electrons. The number of ether oxygens (including phenoxy) is 3. The number of nitrogens with zero attached hydrogens (tertiary/aromatic N) is 1. The van der Waals surface area contributed by atoms with Crippen LogP contribution in [0.5, 0.6) is 23.0 Å². The minimum absolute atomic E-state index is 0.0256. The molecule has 180 valence electrons. The first-order chi connectivity index (χ1) is 16.3. The molecule has 4 rings (SSSR count). The number of benzene rings is 2. The van der Waals surface area contributed by atoms with Crippen LogP contribution in [0.2, 0.25) is 0 Å². The molecule has 34 heavy (non-hydrogen) atoms. The van der Waals surface area contributed by atoms with Gasteiger partial charge in [-0.1, -0.05) is 6.07 Å². The van der Waals surface area contributed by atoms with Gasteiger partial charge in [-0.2, -0.15) is 0 Å². The van der Waals surface area contributed by atoms with E-state index in [2.05, 4.69) is 17.3 Å². The van der Waals surface area contributed by atoms with E-state index in [1.807, 2.05) is 31.2 Å². The van der Waals surface area contributed by atoms with Crippen molar-refractivity contribution in [1.82, 2.24) is 10.2 Å². The third kappa shape index (κ3) is 4.61. The minimum atomic E-state index is -0.0362. The molecule has 2 aliphatic rings. The number of amides is 1. The molecule has 1 amide bonds. The van der Waals surface area contributed by atoms with Gasteiger partial charge >= 0.3 is 0 Å². The van der Waals surface area contributed by atoms with Gasteiger partial charge < -0.3 is 29.5 Å². The minimum Gasteiger partial charge on any atom is -0.502 e. The maximum Gasteiger partial charge on any atom is 0.224 e. The van der Waals surface area contributed by atoms with Gasteiger partial charge in [-0.3, -0.25) is 4.79 Å². The van der Waals surface area contributed by atoms with E-state index < -0.39 is 0 Å². The largest absolute Gasteiger partial charge is 0.502 e. The lowest BCUT2D eigenvalue weighted by Gasteiger charge is -2.14. The van der Waals surface area contributed by atoms with Crippen molar-refractivity contribution >= 4 is 23.1 Å². The van der Waals surface area contributed by atoms with Crippen molar-refractivity contribution in [3.63, 3.8) is 0 Å². The maximum atomic E-state index is 13.0. The first-order valence-corrected chi connectivity index (χ1v) is 11.4. The van der Waals surface area contributed by atoms with Gasteiger partial charge in [-0.05, 0) is 90.7 Å². The molecule has 2 N–H and O–H groups in total. The lowest BCUT2D eigenvalue weighted by atomic mass is 10.00. The van der Waals surface area contributed by atoms with Crippen molar-refractivity contribution in [2.24, 2.45) is 0 Å². The van der Waals surface area contributed by atoms with Crippen LogP contribution in [0.25, 0.3) is 17.2 Å². The topological polar surface area (TPSA) is 80.3 Å². The maximum absolute atomic E-state index is 13.0. The smallest absolute Gasteiger partial charge is 0.224 e. The van der Waals surface area contributed by atoms with Crippen LogP contribution in [0.1, 0.15) is 36.5 Å². The van der Waals surface area contributed by atoms with Crippen molar-refractivity contribution < 1.29 is 24.1 Å². The quantitative estimate of drug-likeness (QED) is 0.646. The zero-order valence-electron chi connectivity index (χ0n) is 20.4. The van der Waals surface area contributed by atoms with Crippen LogP contribution >= 0.6 is 0 Å². The van der Waals surface area contributed by atoms with Crippen LogP contribution in [0.3, 0.4) is 0 Å². The molecule has 1 saturated heterocycles. The van der Waals surface area contributed by atoms with E-state index in [9.17, 15) is 9.90 Å². The molecule has 0 bridgehead atoms. The van der Waals surface area contributed by atoms with Gasteiger partial charge in [-0.15, -0.1) is 0 Å². The van der Waals surface area contributed by atoms with Crippen molar-refractivity contribution in [2.45, 2.75) is 25.8 Å². The van der Waals surface area contributed by atoms with Gasteiger partial charge in [0.25, 0.3) is 0 Å². The van der Waals surface area contributed by atoms with Crippen molar-refractivity contribution in [2.75, 3.05) is 41.5 Å². The predicted octanol–water partition coefficient (Wildman–Crippen LogP) is 3.96. The Morgan fingerprint density at radius 1 is 1.12 bits per heavy atom. The number of phenolic OH excluding ortho intramolecular Hbond substituents is 1. The summed E-state index contributed by atoms with van der Waals surface area (Å²) in [6.45, 7) is 3.92. The Labute approximate surface area is 200 Å². The highest BCUT2D eigenvalue weighted by Crippen LogP contribution is 2.46. The number of hydrogen-bond donors (Lipinski definition) is 2. The molecule has 0 aromatic heterocycles. The summed E-state index contributed by atoms with van der Waals surface area (Å²) in [6, 6.07) is 9.66. The van der Waals surface area contributed by atoms with Gasteiger partial charge in [0.1, 0.15) is 5.75 Å². The summed E-state index contributed by atoms with van der Waals surface area (Å²) in [5, 5.41) is 13.5. The standard InChI is InChI=1S/C27H32N2O5/c1-16-21(10-17-11-24(33-4)27(31)25(12-17)34-5)20-7-6-19(32-3)13-23(20)22(16)14-26(30)28-18-8-9-29(2)15-18/h6-7,10-13,18,31H,8-9,14-15H2,1-5H3,(H,28,30)/b21-10-. The van der Waals surface area contributed by atoms with E-state index in [4.69, 9.17) is 14.2 Å². The van der Waals surface area contributed by atoms with Crippen LogP contribution in [-0.4, -0.2) is 63.4 Å². The molecule has 2 aromatic rings. The van der Waals surface area contributed by atoms with Gasteiger partial charge in [0, 0.05) is 12.6 Å².